The Hall–Kier alpha value is -2.51. The fourth-order valence-electron chi connectivity index (χ4n) is 1.73. The van der Waals surface area contributed by atoms with Crippen molar-refractivity contribution in [3.63, 3.8) is 0 Å². The average Bonchev–Trinajstić information content (AvgIpc) is 2.76. The molecule has 0 atom stereocenters. The molecule has 0 saturated heterocycles. The largest absolute Gasteiger partial charge is 0.484 e. The summed E-state index contributed by atoms with van der Waals surface area (Å²) >= 11 is 0. The molecule has 22 heavy (non-hydrogen) atoms. The lowest BCUT2D eigenvalue weighted by Gasteiger charge is -2.09. The van der Waals surface area contributed by atoms with E-state index in [-0.39, 0.29) is 11.5 Å². The van der Waals surface area contributed by atoms with Gasteiger partial charge in [-0.25, -0.2) is 4.79 Å². The van der Waals surface area contributed by atoms with Crippen LogP contribution in [0.2, 0.25) is 0 Å². The molecule has 0 aliphatic heterocycles. The number of halogens is 3. The van der Waals surface area contributed by atoms with Crippen LogP contribution in [0.4, 0.5) is 13.2 Å². The molecule has 118 valence electrons. The second-order valence-electron chi connectivity index (χ2n) is 4.57. The lowest BCUT2D eigenvalue weighted by atomic mass is 10.2. The SMILES string of the molecule is Cc1nn(C)cc1C(=O)Oc1ccc(OCC(F)(F)F)cc1. The predicted molar refractivity (Wildman–Crippen MR) is 70.9 cm³/mol. The summed E-state index contributed by atoms with van der Waals surface area (Å²) in [5.41, 5.74) is 0.845. The number of aryl methyl sites for hydroxylation is 2. The predicted octanol–water partition coefficient (Wildman–Crippen LogP) is 2.89. The first-order valence-corrected chi connectivity index (χ1v) is 6.26. The molecular weight excluding hydrogens is 301 g/mol. The average molecular weight is 314 g/mol. The van der Waals surface area contributed by atoms with Crippen LogP contribution in [0.5, 0.6) is 11.5 Å². The smallest absolute Gasteiger partial charge is 0.422 e. The minimum atomic E-state index is -4.40. The summed E-state index contributed by atoms with van der Waals surface area (Å²) in [6.45, 7) is 0.297. The Kier molecular flexibility index (Phi) is 4.39. The van der Waals surface area contributed by atoms with Crippen LogP contribution in [-0.2, 0) is 7.05 Å². The maximum atomic E-state index is 12.0. The van der Waals surface area contributed by atoms with Crippen molar-refractivity contribution in [3.8, 4) is 11.5 Å². The molecule has 0 amide bonds. The Balaban J connectivity index is 1.99. The van der Waals surface area contributed by atoms with Gasteiger partial charge in [0.05, 0.1) is 5.69 Å². The standard InChI is InChI=1S/C14H13F3N2O3/c1-9-12(7-19(2)18-9)13(20)22-11-5-3-10(4-6-11)21-8-14(15,16)17/h3-7H,8H2,1-2H3. The van der Waals surface area contributed by atoms with Crippen LogP contribution in [0, 0.1) is 6.92 Å². The van der Waals surface area contributed by atoms with Crippen LogP contribution in [0.1, 0.15) is 16.1 Å². The van der Waals surface area contributed by atoms with Gasteiger partial charge in [-0.05, 0) is 31.2 Å². The molecule has 0 unspecified atom stereocenters. The van der Waals surface area contributed by atoms with Gasteiger partial charge in [0.2, 0.25) is 0 Å². The minimum absolute atomic E-state index is 0.0367. The van der Waals surface area contributed by atoms with Crippen molar-refractivity contribution in [2.24, 2.45) is 7.05 Å². The number of hydrogen-bond acceptors (Lipinski definition) is 4. The number of esters is 1. The molecule has 2 aromatic rings. The quantitative estimate of drug-likeness (QED) is 0.643. The Labute approximate surface area is 124 Å². The van der Waals surface area contributed by atoms with E-state index in [4.69, 9.17) is 4.74 Å². The van der Waals surface area contributed by atoms with E-state index in [2.05, 4.69) is 9.84 Å². The van der Waals surface area contributed by atoms with Gasteiger partial charge in [-0.2, -0.15) is 18.3 Å². The third-order valence-corrected chi connectivity index (χ3v) is 2.67. The lowest BCUT2D eigenvalue weighted by Crippen LogP contribution is -2.19. The van der Waals surface area contributed by atoms with Crippen LogP contribution in [0.25, 0.3) is 0 Å². The van der Waals surface area contributed by atoms with Gasteiger partial charge in [0, 0.05) is 13.2 Å². The van der Waals surface area contributed by atoms with E-state index < -0.39 is 18.8 Å². The number of carbonyl (C=O) groups excluding carboxylic acids is 1. The molecule has 0 N–H and O–H groups in total. The van der Waals surface area contributed by atoms with Crippen molar-refractivity contribution in [2.45, 2.75) is 13.1 Å². The number of ether oxygens (including phenoxy) is 2. The molecule has 1 aromatic heterocycles. The maximum Gasteiger partial charge on any atom is 0.422 e. The Morgan fingerprint density at radius 2 is 1.82 bits per heavy atom. The van der Waals surface area contributed by atoms with Crippen LogP contribution in [0.3, 0.4) is 0 Å². The zero-order valence-corrected chi connectivity index (χ0v) is 11.8. The Bertz CT molecular complexity index is 663. The summed E-state index contributed by atoms with van der Waals surface area (Å²) in [4.78, 5) is 11.9. The van der Waals surface area contributed by atoms with Gasteiger partial charge in [0.25, 0.3) is 0 Å². The summed E-state index contributed by atoms with van der Waals surface area (Å²) in [5.74, 6) is -0.350. The third-order valence-electron chi connectivity index (χ3n) is 2.67. The molecule has 1 heterocycles. The Morgan fingerprint density at radius 1 is 1.23 bits per heavy atom. The summed E-state index contributed by atoms with van der Waals surface area (Å²) in [5, 5.41) is 4.02. The summed E-state index contributed by atoms with van der Waals surface area (Å²) in [6, 6.07) is 5.31. The first-order chi connectivity index (χ1) is 10.2. The van der Waals surface area contributed by atoms with Gasteiger partial charge in [-0.3, -0.25) is 4.68 Å². The van der Waals surface area contributed by atoms with Gasteiger partial charge in [-0.1, -0.05) is 0 Å². The van der Waals surface area contributed by atoms with Crippen LogP contribution >= 0.6 is 0 Å². The van der Waals surface area contributed by atoms with Gasteiger partial charge in [0.15, 0.2) is 6.61 Å². The van der Waals surface area contributed by atoms with Gasteiger partial charge in [-0.15, -0.1) is 0 Å². The summed E-state index contributed by atoms with van der Waals surface area (Å²) in [7, 11) is 1.68. The third kappa shape index (κ3) is 4.24. The number of aromatic nitrogens is 2. The fourth-order valence-corrected chi connectivity index (χ4v) is 1.73. The minimum Gasteiger partial charge on any atom is -0.484 e. The fraction of sp³-hybridized carbons (Fsp3) is 0.286. The monoisotopic (exact) mass is 314 g/mol. The molecule has 0 aliphatic rings. The van der Waals surface area contributed by atoms with Crippen molar-refractivity contribution in [1.82, 2.24) is 9.78 Å². The maximum absolute atomic E-state index is 12.0. The van der Waals surface area contributed by atoms with E-state index in [1.54, 1.807) is 14.0 Å². The number of benzene rings is 1. The highest BCUT2D eigenvalue weighted by atomic mass is 19.4. The Morgan fingerprint density at radius 3 is 2.32 bits per heavy atom. The van der Waals surface area contributed by atoms with Crippen LogP contribution in [-0.4, -0.2) is 28.5 Å². The lowest BCUT2D eigenvalue weighted by molar-refractivity contribution is -0.153. The molecule has 0 aliphatic carbocycles. The molecule has 0 saturated carbocycles. The second kappa shape index (κ2) is 6.08. The molecular formula is C14H13F3N2O3. The van der Waals surface area contributed by atoms with E-state index in [0.717, 1.165) is 0 Å². The van der Waals surface area contributed by atoms with Gasteiger partial charge >= 0.3 is 12.1 Å². The number of alkyl halides is 3. The molecule has 8 heteroatoms. The number of carbonyl (C=O) groups is 1. The topological polar surface area (TPSA) is 53.4 Å². The van der Waals surface area contributed by atoms with Gasteiger partial charge in [0.1, 0.15) is 17.1 Å². The number of nitrogens with zero attached hydrogens (tertiary/aromatic N) is 2. The van der Waals surface area contributed by atoms with Crippen molar-refractivity contribution in [2.75, 3.05) is 6.61 Å². The first-order valence-electron chi connectivity index (χ1n) is 6.26. The van der Waals surface area contributed by atoms with E-state index in [0.29, 0.717) is 11.3 Å². The normalized spacial score (nSPS) is 11.3. The summed E-state index contributed by atoms with van der Waals surface area (Å²) < 4.78 is 47.2. The number of rotatable bonds is 4. The molecule has 5 nitrogen and oxygen atoms in total. The highest BCUT2D eigenvalue weighted by molar-refractivity contribution is 5.91. The molecule has 0 bridgehead atoms. The molecule has 2 rings (SSSR count). The van der Waals surface area contributed by atoms with E-state index in [1.165, 1.54) is 35.1 Å². The van der Waals surface area contributed by atoms with Gasteiger partial charge < -0.3 is 9.47 Å². The zero-order chi connectivity index (χ0) is 16.3. The molecule has 0 radical (unpaired) electrons. The van der Waals surface area contributed by atoms with E-state index in [1.807, 2.05) is 0 Å². The van der Waals surface area contributed by atoms with Crippen molar-refractivity contribution in [1.29, 1.82) is 0 Å². The highest BCUT2D eigenvalue weighted by Gasteiger charge is 2.28. The van der Waals surface area contributed by atoms with E-state index in [9.17, 15) is 18.0 Å². The molecule has 1 aromatic carbocycles. The highest BCUT2D eigenvalue weighted by Crippen LogP contribution is 2.22. The summed E-state index contributed by atoms with van der Waals surface area (Å²) in [6.07, 6.45) is -2.87. The molecule has 0 fully saturated rings. The zero-order valence-electron chi connectivity index (χ0n) is 11.8. The van der Waals surface area contributed by atoms with Crippen molar-refractivity contribution < 1.29 is 27.4 Å². The van der Waals surface area contributed by atoms with E-state index >= 15 is 0 Å². The first kappa shape index (κ1) is 15.9. The molecule has 0 spiro atoms. The number of hydrogen-bond donors (Lipinski definition) is 0. The van der Waals surface area contributed by atoms with Crippen molar-refractivity contribution in [3.05, 3.63) is 41.7 Å². The second-order valence-corrected chi connectivity index (χ2v) is 4.57. The van der Waals surface area contributed by atoms with Crippen molar-refractivity contribution >= 4 is 5.97 Å². The van der Waals surface area contributed by atoms with Crippen LogP contribution in [0.15, 0.2) is 30.5 Å². The van der Waals surface area contributed by atoms with Crippen LogP contribution < -0.4 is 9.47 Å².